The summed E-state index contributed by atoms with van der Waals surface area (Å²) in [5.74, 6) is -0.570. The van der Waals surface area contributed by atoms with Crippen LogP contribution in [0.4, 0.5) is 5.69 Å². The molecule has 1 amide bonds. The summed E-state index contributed by atoms with van der Waals surface area (Å²) >= 11 is 3.29. The Morgan fingerprint density at radius 3 is 2.69 bits per heavy atom. The van der Waals surface area contributed by atoms with Crippen LogP contribution in [0.5, 0.6) is 11.5 Å². The van der Waals surface area contributed by atoms with Gasteiger partial charge in [0.15, 0.2) is 23.3 Å². The Morgan fingerprint density at radius 1 is 1.31 bits per heavy atom. The summed E-state index contributed by atoms with van der Waals surface area (Å²) in [4.78, 5) is 28.0. The molecule has 2 aromatic rings. The van der Waals surface area contributed by atoms with Crippen molar-refractivity contribution in [1.29, 1.82) is 0 Å². The highest BCUT2D eigenvalue weighted by Crippen LogP contribution is 2.36. The van der Waals surface area contributed by atoms with Gasteiger partial charge in [-0.05, 0) is 77.2 Å². The fourth-order valence-electron chi connectivity index (χ4n) is 2.47. The van der Waals surface area contributed by atoms with Crippen LogP contribution in [0.3, 0.4) is 0 Å². The number of carbonyl (C=O) groups is 2. The molecule has 0 saturated carbocycles. The Balaban J connectivity index is 1.84. The van der Waals surface area contributed by atoms with E-state index in [9.17, 15) is 9.59 Å². The first kappa shape index (κ1) is 21.2. The highest BCUT2D eigenvalue weighted by Gasteiger charge is 2.24. The van der Waals surface area contributed by atoms with Crippen molar-refractivity contribution in [3.8, 4) is 11.5 Å². The zero-order valence-corrected chi connectivity index (χ0v) is 18.5. The van der Waals surface area contributed by atoms with Crippen LogP contribution in [-0.4, -0.2) is 35.9 Å². The molecule has 2 N–H and O–H groups in total. The number of thioether (sulfide) groups is 1. The van der Waals surface area contributed by atoms with E-state index in [4.69, 9.17) is 14.6 Å². The van der Waals surface area contributed by atoms with Crippen LogP contribution in [0.25, 0.3) is 6.08 Å². The van der Waals surface area contributed by atoms with Gasteiger partial charge in [0.05, 0.1) is 21.3 Å². The summed E-state index contributed by atoms with van der Waals surface area (Å²) in [6, 6.07) is 11.2. The van der Waals surface area contributed by atoms with Crippen molar-refractivity contribution in [3.05, 3.63) is 56.0 Å². The molecule has 2 aromatic carbocycles. The number of hydrogen-bond acceptors (Lipinski definition) is 6. The topological polar surface area (TPSA) is 97.2 Å². The molecule has 0 aromatic heterocycles. The van der Waals surface area contributed by atoms with Crippen LogP contribution >= 0.6 is 34.4 Å². The van der Waals surface area contributed by atoms with E-state index >= 15 is 0 Å². The number of amidine groups is 1. The van der Waals surface area contributed by atoms with Crippen molar-refractivity contribution >= 4 is 63.2 Å². The minimum Gasteiger partial charge on any atom is -0.493 e. The van der Waals surface area contributed by atoms with Gasteiger partial charge in [0.2, 0.25) is 0 Å². The number of aliphatic imine (C=N–C) groups is 1. The van der Waals surface area contributed by atoms with E-state index in [2.05, 4.69) is 10.3 Å². The number of carboxylic acid groups (broad SMARTS) is 1. The molecule has 0 spiro atoms. The molecular formula is C20H17IN2O5S. The SMILES string of the molecule is COc1cc(/C=C2\SC(=Nc3ccc(C)cc3)NC2=O)cc(I)c1OCC(=O)O. The third-order valence-electron chi connectivity index (χ3n) is 3.81. The number of nitrogens with one attached hydrogen (secondary N) is 1. The lowest BCUT2D eigenvalue weighted by Crippen LogP contribution is -2.19. The maximum Gasteiger partial charge on any atom is 0.341 e. The average Bonchev–Trinajstić information content (AvgIpc) is 3.01. The number of benzene rings is 2. The van der Waals surface area contributed by atoms with Gasteiger partial charge in [-0.1, -0.05) is 17.7 Å². The van der Waals surface area contributed by atoms with Crippen LogP contribution in [0.2, 0.25) is 0 Å². The van der Waals surface area contributed by atoms with Gasteiger partial charge in [0, 0.05) is 0 Å². The standard InChI is InChI=1S/C20H17IN2O5S/c1-11-3-5-13(6-4-11)22-20-23-19(26)16(29-20)9-12-7-14(21)18(15(8-12)27-2)28-10-17(24)25/h3-9H,10H2,1-2H3,(H,24,25)(H,22,23,26)/b16-9-. The summed E-state index contributed by atoms with van der Waals surface area (Å²) in [6.07, 6.45) is 1.73. The second-order valence-electron chi connectivity index (χ2n) is 6.03. The van der Waals surface area contributed by atoms with E-state index < -0.39 is 12.6 Å². The normalized spacial score (nSPS) is 16.2. The average molecular weight is 524 g/mol. The largest absolute Gasteiger partial charge is 0.493 e. The second-order valence-corrected chi connectivity index (χ2v) is 8.23. The summed E-state index contributed by atoms with van der Waals surface area (Å²) in [5, 5.41) is 12.1. The highest BCUT2D eigenvalue weighted by molar-refractivity contribution is 14.1. The zero-order valence-electron chi connectivity index (χ0n) is 15.6. The number of carbonyl (C=O) groups excluding carboxylic acids is 1. The minimum absolute atomic E-state index is 0.235. The van der Waals surface area contributed by atoms with Crippen molar-refractivity contribution in [3.63, 3.8) is 0 Å². The molecule has 3 rings (SSSR count). The first-order chi connectivity index (χ1) is 13.9. The number of methoxy groups -OCH3 is 1. The minimum atomic E-state index is -1.08. The molecule has 9 heteroatoms. The number of halogens is 1. The quantitative estimate of drug-likeness (QED) is 0.439. The first-order valence-electron chi connectivity index (χ1n) is 8.44. The number of nitrogens with zero attached hydrogens (tertiary/aromatic N) is 1. The summed E-state index contributed by atoms with van der Waals surface area (Å²) < 4.78 is 11.3. The van der Waals surface area contributed by atoms with E-state index in [0.717, 1.165) is 16.8 Å². The Kier molecular flexibility index (Phi) is 6.80. The van der Waals surface area contributed by atoms with Crippen molar-refractivity contribution < 1.29 is 24.2 Å². The summed E-state index contributed by atoms with van der Waals surface area (Å²) in [5.41, 5.74) is 2.62. The Morgan fingerprint density at radius 2 is 2.03 bits per heavy atom. The lowest BCUT2D eigenvalue weighted by molar-refractivity contribution is -0.139. The maximum atomic E-state index is 12.3. The summed E-state index contributed by atoms with van der Waals surface area (Å²) in [6.45, 7) is 1.53. The number of aliphatic carboxylic acids is 1. The fraction of sp³-hybridized carbons (Fsp3) is 0.150. The van der Waals surface area contributed by atoms with Gasteiger partial charge in [-0.25, -0.2) is 9.79 Å². The second kappa shape index (κ2) is 9.31. The molecule has 0 bridgehead atoms. The lowest BCUT2D eigenvalue weighted by atomic mass is 10.2. The Labute approximate surface area is 185 Å². The van der Waals surface area contributed by atoms with E-state index in [1.165, 1.54) is 18.9 Å². The zero-order chi connectivity index (χ0) is 21.0. The van der Waals surface area contributed by atoms with Gasteiger partial charge in [0.1, 0.15) is 0 Å². The van der Waals surface area contributed by atoms with Gasteiger partial charge >= 0.3 is 5.97 Å². The van der Waals surface area contributed by atoms with Crippen LogP contribution in [0.15, 0.2) is 46.3 Å². The van der Waals surface area contributed by atoms with E-state index in [1.807, 2.05) is 53.8 Å². The number of carboxylic acids is 1. The van der Waals surface area contributed by atoms with Gasteiger partial charge in [-0.3, -0.25) is 4.79 Å². The molecule has 0 unspecified atom stereocenters. The number of rotatable bonds is 6. The first-order valence-corrected chi connectivity index (χ1v) is 10.3. The number of amides is 1. The lowest BCUT2D eigenvalue weighted by Gasteiger charge is -2.12. The van der Waals surface area contributed by atoms with Gasteiger partial charge < -0.3 is 19.9 Å². The smallest absolute Gasteiger partial charge is 0.341 e. The molecule has 1 saturated heterocycles. The number of ether oxygens (including phenoxy) is 2. The highest BCUT2D eigenvalue weighted by atomic mass is 127. The van der Waals surface area contributed by atoms with E-state index in [1.54, 1.807) is 18.2 Å². The van der Waals surface area contributed by atoms with E-state index in [0.29, 0.717) is 25.1 Å². The van der Waals surface area contributed by atoms with Crippen molar-refractivity contribution in [2.24, 2.45) is 4.99 Å². The van der Waals surface area contributed by atoms with Crippen LogP contribution in [0.1, 0.15) is 11.1 Å². The molecule has 150 valence electrons. The molecule has 0 atom stereocenters. The van der Waals surface area contributed by atoms with Crippen molar-refractivity contribution in [2.75, 3.05) is 13.7 Å². The third-order valence-corrected chi connectivity index (χ3v) is 5.52. The third kappa shape index (κ3) is 5.51. The molecular weight excluding hydrogens is 507 g/mol. The molecule has 29 heavy (non-hydrogen) atoms. The van der Waals surface area contributed by atoms with Gasteiger partial charge in [0.25, 0.3) is 5.91 Å². The van der Waals surface area contributed by atoms with Crippen molar-refractivity contribution in [1.82, 2.24) is 5.32 Å². The van der Waals surface area contributed by atoms with Gasteiger partial charge in [-0.2, -0.15) is 0 Å². The Hall–Kier alpha value is -2.53. The molecule has 7 nitrogen and oxygen atoms in total. The molecule has 0 aliphatic carbocycles. The Bertz CT molecular complexity index is 1020. The summed E-state index contributed by atoms with van der Waals surface area (Å²) in [7, 11) is 1.47. The number of hydrogen-bond donors (Lipinski definition) is 2. The molecule has 1 heterocycles. The van der Waals surface area contributed by atoms with Crippen molar-refractivity contribution in [2.45, 2.75) is 6.92 Å². The predicted octanol–water partition coefficient (Wildman–Crippen LogP) is 3.96. The predicted molar refractivity (Wildman–Crippen MR) is 121 cm³/mol. The fourth-order valence-corrected chi connectivity index (χ4v) is 4.09. The van der Waals surface area contributed by atoms with Crippen LogP contribution in [0, 0.1) is 10.5 Å². The number of aryl methyl sites for hydroxylation is 1. The van der Waals surface area contributed by atoms with Gasteiger partial charge in [-0.15, -0.1) is 0 Å². The molecule has 0 radical (unpaired) electrons. The molecule has 1 fully saturated rings. The van der Waals surface area contributed by atoms with Crippen LogP contribution in [-0.2, 0) is 9.59 Å². The monoisotopic (exact) mass is 524 g/mol. The maximum absolute atomic E-state index is 12.3. The molecule has 1 aliphatic rings. The molecule has 1 aliphatic heterocycles. The van der Waals surface area contributed by atoms with E-state index in [-0.39, 0.29) is 5.91 Å². The van der Waals surface area contributed by atoms with Crippen LogP contribution < -0.4 is 14.8 Å².